The van der Waals surface area contributed by atoms with E-state index >= 15 is 0 Å². The van der Waals surface area contributed by atoms with Crippen molar-refractivity contribution in [3.8, 4) is 0 Å². The first-order valence-corrected chi connectivity index (χ1v) is 10.6. The van der Waals surface area contributed by atoms with Gasteiger partial charge in [-0.1, -0.05) is 57.6 Å². The van der Waals surface area contributed by atoms with E-state index < -0.39 is 24.4 Å². The molecule has 0 aromatic heterocycles. The van der Waals surface area contributed by atoms with Gasteiger partial charge in [0.15, 0.2) is 0 Å². The highest BCUT2D eigenvalue weighted by Gasteiger charge is 2.38. The number of unbranched alkanes of at least 4 members (excludes halogenated alkanes) is 9. The van der Waals surface area contributed by atoms with Crippen LogP contribution in [0.2, 0.25) is 0 Å². The lowest BCUT2D eigenvalue weighted by molar-refractivity contribution is -0.210. The lowest BCUT2D eigenvalue weighted by atomic mass is 10.0. The molecule has 5 nitrogen and oxygen atoms in total. The van der Waals surface area contributed by atoms with Gasteiger partial charge in [-0.3, -0.25) is 0 Å². The van der Waals surface area contributed by atoms with Crippen LogP contribution < -0.4 is 0 Å². The fraction of sp³-hybridized carbons (Fsp3) is 0.905. The minimum atomic E-state index is -0.976. The SMILES string of the molecule is CCCCCCC/C=C/CCCCCCO[C@@H]1[C@@H](O)[C@H](CO)OC[C@H]1O. The summed E-state index contributed by atoms with van der Waals surface area (Å²) in [4.78, 5) is 0. The zero-order valence-electron chi connectivity index (χ0n) is 16.5. The number of hydrogen-bond acceptors (Lipinski definition) is 5. The van der Waals surface area contributed by atoms with Gasteiger partial charge >= 0.3 is 0 Å². The number of rotatable bonds is 15. The molecular weight excluding hydrogens is 332 g/mol. The van der Waals surface area contributed by atoms with Crippen molar-refractivity contribution in [1.29, 1.82) is 0 Å². The molecule has 0 unspecified atom stereocenters. The maximum absolute atomic E-state index is 10.0. The first-order valence-electron chi connectivity index (χ1n) is 10.6. The monoisotopic (exact) mass is 372 g/mol. The molecule has 154 valence electrons. The second kappa shape index (κ2) is 15.6. The molecule has 0 aromatic rings. The van der Waals surface area contributed by atoms with Crippen molar-refractivity contribution < 1.29 is 24.8 Å². The molecule has 1 aliphatic heterocycles. The average molecular weight is 373 g/mol. The Kier molecular flexibility index (Phi) is 14.1. The third kappa shape index (κ3) is 10.0. The normalized spacial score (nSPS) is 26.6. The fourth-order valence-corrected chi connectivity index (χ4v) is 3.26. The Morgan fingerprint density at radius 3 is 2.15 bits per heavy atom. The lowest BCUT2D eigenvalue weighted by Crippen LogP contribution is -2.55. The predicted octanol–water partition coefficient (Wildman–Crippen LogP) is 3.35. The maximum atomic E-state index is 10.0. The Hall–Kier alpha value is -0.460. The standard InChI is InChI=1S/C21H40O5/c1-2-3-4-5-6-7-8-9-10-11-12-13-14-15-25-21-18(23)17-26-19(16-22)20(21)24/h8-9,18-24H,2-7,10-17H2,1H3/b9-8+/t18-,19+,20+,21+/m1/s1. The maximum Gasteiger partial charge on any atom is 0.114 e. The highest BCUT2D eigenvalue weighted by molar-refractivity contribution is 4.87. The summed E-state index contributed by atoms with van der Waals surface area (Å²) >= 11 is 0. The summed E-state index contributed by atoms with van der Waals surface area (Å²) in [6, 6.07) is 0. The molecule has 26 heavy (non-hydrogen) atoms. The highest BCUT2D eigenvalue weighted by atomic mass is 16.6. The van der Waals surface area contributed by atoms with Crippen molar-refractivity contribution in [3.63, 3.8) is 0 Å². The van der Waals surface area contributed by atoms with Gasteiger partial charge in [-0.05, 0) is 32.1 Å². The van der Waals surface area contributed by atoms with Gasteiger partial charge in [0.05, 0.1) is 13.2 Å². The van der Waals surface area contributed by atoms with Gasteiger partial charge in [0.25, 0.3) is 0 Å². The van der Waals surface area contributed by atoms with Crippen LogP contribution in [0, 0.1) is 0 Å². The summed E-state index contributed by atoms with van der Waals surface area (Å²) in [5.74, 6) is 0. The molecule has 1 aliphatic rings. The quantitative estimate of drug-likeness (QED) is 0.303. The van der Waals surface area contributed by atoms with Crippen molar-refractivity contribution in [2.45, 2.75) is 102 Å². The first kappa shape index (κ1) is 23.6. The second-order valence-electron chi connectivity index (χ2n) is 7.32. The molecule has 0 saturated carbocycles. The van der Waals surface area contributed by atoms with E-state index in [1.165, 1.54) is 51.4 Å². The Labute approximate surface area is 159 Å². The summed E-state index contributed by atoms with van der Waals surface area (Å²) in [5, 5.41) is 29.0. The van der Waals surface area contributed by atoms with Crippen LogP contribution in [0.4, 0.5) is 0 Å². The van der Waals surface area contributed by atoms with E-state index in [4.69, 9.17) is 14.6 Å². The van der Waals surface area contributed by atoms with Crippen molar-refractivity contribution in [2.75, 3.05) is 19.8 Å². The fourth-order valence-electron chi connectivity index (χ4n) is 3.26. The third-order valence-electron chi connectivity index (χ3n) is 4.97. The number of allylic oxidation sites excluding steroid dienone is 2. The molecular formula is C21H40O5. The van der Waals surface area contributed by atoms with Crippen LogP contribution in [-0.4, -0.2) is 59.6 Å². The number of ether oxygens (including phenoxy) is 2. The van der Waals surface area contributed by atoms with Gasteiger partial charge in [-0.15, -0.1) is 0 Å². The summed E-state index contributed by atoms with van der Waals surface area (Å²) in [7, 11) is 0. The Bertz CT molecular complexity index is 347. The number of hydrogen-bond donors (Lipinski definition) is 3. The highest BCUT2D eigenvalue weighted by Crippen LogP contribution is 2.19. The largest absolute Gasteiger partial charge is 0.394 e. The van der Waals surface area contributed by atoms with Crippen molar-refractivity contribution in [2.24, 2.45) is 0 Å². The molecule has 4 atom stereocenters. The van der Waals surface area contributed by atoms with Crippen molar-refractivity contribution in [1.82, 2.24) is 0 Å². The molecule has 3 N–H and O–H groups in total. The smallest absolute Gasteiger partial charge is 0.114 e. The van der Waals surface area contributed by atoms with Crippen LogP contribution in [0.3, 0.4) is 0 Å². The van der Waals surface area contributed by atoms with E-state index in [0.29, 0.717) is 6.61 Å². The van der Waals surface area contributed by atoms with Crippen LogP contribution >= 0.6 is 0 Å². The van der Waals surface area contributed by atoms with Crippen molar-refractivity contribution in [3.05, 3.63) is 12.2 Å². The molecule has 0 amide bonds. The van der Waals surface area contributed by atoms with Gasteiger partial charge < -0.3 is 24.8 Å². The summed E-state index contributed by atoms with van der Waals surface area (Å²) < 4.78 is 10.8. The van der Waals surface area contributed by atoms with Crippen molar-refractivity contribution >= 4 is 0 Å². The average Bonchev–Trinajstić information content (AvgIpc) is 2.64. The van der Waals surface area contributed by atoms with Crippen LogP contribution in [-0.2, 0) is 9.47 Å². The molecule has 1 rings (SSSR count). The molecule has 0 spiro atoms. The van der Waals surface area contributed by atoms with Gasteiger partial charge in [0, 0.05) is 6.61 Å². The number of aliphatic hydroxyl groups excluding tert-OH is 3. The van der Waals surface area contributed by atoms with E-state index in [9.17, 15) is 10.2 Å². The Morgan fingerprint density at radius 1 is 0.923 bits per heavy atom. The predicted molar refractivity (Wildman–Crippen MR) is 104 cm³/mol. The number of aliphatic hydroxyl groups is 3. The van der Waals surface area contributed by atoms with E-state index in [-0.39, 0.29) is 13.2 Å². The molecule has 1 fully saturated rings. The van der Waals surface area contributed by atoms with E-state index in [1.807, 2.05) is 0 Å². The van der Waals surface area contributed by atoms with Crippen LogP contribution in [0.15, 0.2) is 12.2 Å². The van der Waals surface area contributed by atoms with Crippen LogP contribution in [0.25, 0.3) is 0 Å². The minimum absolute atomic E-state index is 0.0951. The molecule has 0 aromatic carbocycles. The van der Waals surface area contributed by atoms with Crippen LogP contribution in [0.5, 0.6) is 0 Å². The molecule has 0 radical (unpaired) electrons. The molecule has 1 heterocycles. The Morgan fingerprint density at radius 2 is 1.54 bits per heavy atom. The third-order valence-corrected chi connectivity index (χ3v) is 4.97. The summed E-state index contributed by atoms with van der Waals surface area (Å²) in [6.07, 6.45) is 14.9. The summed E-state index contributed by atoms with van der Waals surface area (Å²) in [6.45, 7) is 2.60. The van der Waals surface area contributed by atoms with E-state index in [0.717, 1.165) is 19.3 Å². The van der Waals surface area contributed by atoms with Gasteiger partial charge in [-0.25, -0.2) is 0 Å². The summed E-state index contributed by atoms with van der Waals surface area (Å²) in [5.41, 5.74) is 0. The molecule has 0 aliphatic carbocycles. The van der Waals surface area contributed by atoms with Crippen LogP contribution in [0.1, 0.15) is 77.6 Å². The minimum Gasteiger partial charge on any atom is -0.394 e. The van der Waals surface area contributed by atoms with Gasteiger partial charge in [0.1, 0.15) is 24.4 Å². The lowest BCUT2D eigenvalue weighted by Gasteiger charge is -2.37. The molecule has 5 heteroatoms. The Balaban J connectivity index is 1.94. The zero-order valence-corrected chi connectivity index (χ0v) is 16.5. The van der Waals surface area contributed by atoms with E-state index in [1.54, 1.807) is 0 Å². The molecule has 1 saturated heterocycles. The second-order valence-corrected chi connectivity index (χ2v) is 7.32. The van der Waals surface area contributed by atoms with E-state index in [2.05, 4.69) is 19.1 Å². The first-order chi connectivity index (χ1) is 12.7. The molecule has 0 bridgehead atoms. The van der Waals surface area contributed by atoms with Gasteiger partial charge in [0.2, 0.25) is 0 Å². The van der Waals surface area contributed by atoms with Gasteiger partial charge in [-0.2, -0.15) is 0 Å². The topological polar surface area (TPSA) is 79.2 Å². The zero-order chi connectivity index (χ0) is 19.0.